The first-order valence-corrected chi connectivity index (χ1v) is 6.82. The van der Waals surface area contributed by atoms with Crippen LogP contribution in [0.5, 0.6) is 0 Å². The molecular formula is C14H19N3O2. The number of nitrogens with zero attached hydrogens (tertiary/aromatic N) is 3. The Hall–Kier alpha value is -1.49. The highest BCUT2D eigenvalue weighted by Gasteiger charge is 2.55. The molecule has 1 amide bonds. The topological polar surface area (TPSA) is 66.3 Å². The fourth-order valence-electron chi connectivity index (χ4n) is 3.34. The van der Waals surface area contributed by atoms with Gasteiger partial charge in [0, 0.05) is 30.9 Å². The van der Waals surface area contributed by atoms with Crippen LogP contribution in [0.15, 0.2) is 18.6 Å². The monoisotopic (exact) mass is 261 g/mol. The van der Waals surface area contributed by atoms with Gasteiger partial charge in [0.2, 0.25) is 0 Å². The van der Waals surface area contributed by atoms with Gasteiger partial charge in [-0.15, -0.1) is 0 Å². The lowest BCUT2D eigenvalue weighted by Crippen LogP contribution is -2.60. The highest BCUT2D eigenvalue weighted by molar-refractivity contribution is 5.92. The van der Waals surface area contributed by atoms with Crippen molar-refractivity contribution in [3.8, 4) is 0 Å². The van der Waals surface area contributed by atoms with Gasteiger partial charge in [0.15, 0.2) is 0 Å². The van der Waals surface area contributed by atoms with Gasteiger partial charge in [-0.25, -0.2) is 4.98 Å². The van der Waals surface area contributed by atoms with E-state index in [2.05, 4.69) is 9.97 Å². The average Bonchev–Trinajstić information content (AvgIpc) is 2.46. The van der Waals surface area contributed by atoms with Crippen molar-refractivity contribution >= 4 is 5.91 Å². The molecule has 2 fully saturated rings. The van der Waals surface area contributed by atoms with Crippen molar-refractivity contribution < 1.29 is 9.90 Å². The summed E-state index contributed by atoms with van der Waals surface area (Å²) in [5.74, 6) is -0.0538. The van der Waals surface area contributed by atoms with Crippen LogP contribution in [-0.2, 0) is 0 Å². The zero-order valence-electron chi connectivity index (χ0n) is 11.2. The second kappa shape index (κ2) is 4.27. The number of carbonyl (C=O) groups excluding carboxylic acids is 1. The third-order valence-corrected chi connectivity index (χ3v) is 5.02. The second-order valence-electron chi connectivity index (χ2n) is 5.94. The Morgan fingerprint density at radius 1 is 1.26 bits per heavy atom. The van der Waals surface area contributed by atoms with E-state index in [1.807, 2.05) is 11.8 Å². The Kier molecular flexibility index (Phi) is 2.82. The lowest BCUT2D eigenvalue weighted by Gasteiger charge is -2.58. The van der Waals surface area contributed by atoms with E-state index in [-0.39, 0.29) is 11.3 Å². The van der Waals surface area contributed by atoms with E-state index >= 15 is 0 Å². The van der Waals surface area contributed by atoms with Crippen molar-refractivity contribution in [1.29, 1.82) is 0 Å². The number of hydrogen-bond acceptors (Lipinski definition) is 4. The van der Waals surface area contributed by atoms with Crippen LogP contribution in [0.2, 0.25) is 0 Å². The Morgan fingerprint density at radius 2 is 2.00 bits per heavy atom. The van der Waals surface area contributed by atoms with E-state index in [1.54, 1.807) is 6.20 Å². The first kappa shape index (κ1) is 12.5. The van der Waals surface area contributed by atoms with Crippen LogP contribution in [0.1, 0.15) is 43.1 Å². The number of aromatic nitrogens is 2. The largest absolute Gasteiger partial charge is 0.390 e. The number of hydrogen-bond donors (Lipinski definition) is 1. The fraction of sp³-hybridized carbons (Fsp3) is 0.643. The number of piperidine rings is 1. The van der Waals surface area contributed by atoms with Gasteiger partial charge < -0.3 is 10.0 Å². The summed E-state index contributed by atoms with van der Waals surface area (Å²) in [4.78, 5) is 22.0. The standard InChI is InChI=1S/C14H19N3O2/c1-13(19)2-3-14(13)4-8-17(9-5-14)12(18)11-10-15-6-7-16-11/h6-7,10,19H,2-5,8-9H2,1H3. The van der Waals surface area contributed by atoms with Crippen LogP contribution in [0.3, 0.4) is 0 Å². The molecule has 1 aromatic heterocycles. The van der Waals surface area contributed by atoms with Gasteiger partial charge in [-0.3, -0.25) is 9.78 Å². The van der Waals surface area contributed by atoms with E-state index in [0.29, 0.717) is 18.8 Å². The molecule has 5 nitrogen and oxygen atoms in total. The molecule has 1 atom stereocenters. The molecule has 19 heavy (non-hydrogen) atoms. The van der Waals surface area contributed by atoms with Crippen LogP contribution < -0.4 is 0 Å². The Bertz CT molecular complexity index is 479. The molecule has 1 spiro atoms. The van der Waals surface area contributed by atoms with Crippen molar-refractivity contribution in [3.63, 3.8) is 0 Å². The predicted molar refractivity (Wildman–Crippen MR) is 69.5 cm³/mol. The molecule has 0 radical (unpaired) electrons. The minimum absolute atomic E-state index is 0.0339. The quantitative estimate of drug-likeness (QED) is 0.826. The first-order valence-electron chi connectivity index (χ1n) is 6.82. The number of rotatable bonds is 1. The normalized spacial score (nSPS) is 29.1. The van der Waals surface area contributed by atoms with Gasteiger partial charge >= 0.3 is 0 Å². The molecule has 2 aliphatic rings. The van der Waals surface area contributed by atoms with Gasteiger partial charge in [0.05, 0.1) is 11.8 Å². The van der Waals surface area contributed by atoms with Crippen molar-refractivity contribution in [2.75, 3.05) is 13.1 Å². The molecule has 1 aliphatic heterocycles. The van der Waals surface area contributed by atoms with E-state index in [1.165, 1.54) is 12.4 Å². The summed E-state index contributed by atoms with van der Waals surface area (Å²) in [7, 11) is 0. The van der Waals surface area contributed by atoms with E-state index in [0.717, 1.165) is 25.7 Å². The first-order chi connectivity index (χ1) is 9.04. The van der Waals surface area contributed by atoms with Crippen LogP contribution in [-0.4, -0.2) is 44.6 Å². The minimum atomic E-state index is -0.547. The summed E-state index contributed by atoms with van der Waals surface area (Å²) in [6.07, 6.45) is 8.32. The molecule has 2 heterocycles. The van der Waals surface area contributed by atoms with Crippen molar-refractivity contribution in [3.05, 3.63) is 24.3 Å². The lowest BCUT2D eigenvalue weighted by molar-refractivity contribution is -0.174. The van der Waals surface area contributed by atoms with Gasteiger partial charge in [0.1, 0.15) is 5.69 Å². The summed E-state index contributed by atoms with van der Waals surface area (Å²) in [6, 6.07) is 0. The highest BCUT2D eigenvalue weighted by atomic mass is 16.3. The zero-order chi connectivity index (χ0) is 13.5. The summed E-state index contributed by atoms with van der Waals surface area (Å²) in [6.45, 7) is 3.33. The molecule has 1 unspecified atom stereocenters. The van der Waals surface area contributed by atoms with Crippen molar-refractivity contribution in [1.82, 2.24) is 14.9 Å². The summed E-state index contributed by atoms with van der Waals surface area (Å²) >= 11 is 0. The molecule has 1 saturated carbocycles. The lowest BCUT2D eigenvalue weighted by atomic mass is 9.53. The second-order valence-corrected chi connectivity index (χ2v) is 5.94. The molecule has 3 rings (SSSR count). The molecule has 0 bridgehead atoms. The van der Waals surface area contributed by atoms with Crippen LogP contribution >= 0.6 is 0 Å². The molecule has 1 N–H and O–H groups in total. The summed E-state index contributed by atoms with van der Waals surface area (Å²) in [5.41, 5.74) is -0.111. The average molecular weight is 261 g/mol. The molecular weight excluding hydrogens is 242 g/mol. The van der Waals surface area contributed by atoms with Crippen LogP contribution in [0.4, 0.5) is 0 Å². The van der Waals surface area contributed by atoms with Gasteiger partial charge in [0.25, 0.3) is 5.91 Å². The smallest absolute Gasteiger partial charge is 0.274 e. The number of amides is 1. The number of carbonyl (C=O) groups is 1. The van der Waals surface area contributed by atoms with Gasteiger partial charge in [-0.05, 0) is 32.6 Å². The molecule has 1 aliphatic carbocycles. The van der Waals surface area contributed by atoms with Gasteiger partial charge in [-0.2, -0.15) is 0 Å². The Labute approximate surface area is 112 Å². The van der Waals surface area contributed by atoms with Crippen molar-refractivity contribution in [2.45, 2.75) is 38.2 Å². The van der Waals surface area contributed by atoms with Crippen LogP contribution in [0, 0.1) is 5.41 Å². The third-order valence-electron chi connectivity index (χ3n) is 5.02. The Morgan fingerprint density at radius 3 is 2.47 bits per heavy atom. The SMILES string of the molecule is CC1(O)CCC12CCN(C(=O)c1cnccn1)CC2. The summed E-state index contributed by atoms with van der Waals surface area (Å²) < 4.78 is 0. The van der Waals surface area contributed by atoms with Gasteiger partial charge in [-0.1, -0.05) is 0 Å². The third kappa shape index (κ3) is 1.92. The van der Waals surface area contributed by atoms with Crippen molar-refractivity contribution in [2.24, 2.45) is 5.41 Å². The molecule has 5 heteroatoms. The summed E-state index contributed by atoms with van der Waals surface area (Å²) in [5, 5.41) is 10.3. The number of likely N-dealkylation sites (tertiary alicyclic amines) is 1. The zero-order valence-corrected chi connectivity index (χ0v) is 11.2. The molecule has 102 valence electrons. The maximum atomic E-state index is 12.2. The predicted octanol–water partition coefficient (Wildman–Crippen LogP) is 1.24. The van der Waals surface area contributed by atoms with E-state index in [4.69, 9.17) is 0 Å². The maximum absolute atomic E-state index is 12.2. The number of aliphatic hydroxyl groups is 1. The Balaban J connectivity index is 1.67. The molecule has 1 aromatic rings. The van der Waals surface area contributed by atoms with E-state index in [9.17, 15) is 9.90 Å². The van der Waals surface area contributed by atoms with Crippen LogP contribution in [0.25, 0.3) is 0 Å². The highest BCUT2D eigenvalue weighted by Crippen LogP contribution is 2.56. The maximum Gasteiger partial charge on any atom is 0.274 e. The molecule has 1 saturated heterocycles. The minimum Gasteiger partial charge on any atom is -0.390 e. The van der Waals surface area contributed by atoms with E-state index < -0.39 is 5.60 Å². The molecule has 0 aromatic carbocycles. The fourth-order valence-corrected chi connectivity index (χ4v) is 3.34.